The summed E-state index contributed by atoms with van der Waals surface area (Å²) in [6.45, 7) is 1.84. The van der Waals surface area contributed by atoms with Gasteiger partial charge in [0.2, 0.25) is 0 Å². The number of aliphatic hydroxyl groups excluding tert-OH is 3. The standard InChI is InChI=1S/C52H81N3O16P2/c1-3-5-7-9-11-13-15-17-18-19-20-22-24-26-28-30-32-36-47(57)66-40-44(69-48(58)37-33-35-43(56)34-31-29-27-25-23-21-16-14-12-10-8-6-4-2)41-67-72(62,63)71-73(64,65)68-42-45-49(59)50(60)51(70-45)55-39-38-46(53)54-52(55)61/h11-14,17-18,20-23,26-29,31,34,38-39,43-45,49-51,56,59-60H,3-10,15-16,19,24-25,30,32-33,35-37,40-42H2,1-2H3,(H,62,63)(H,64,65)(H2,53,54,61)/b13-11-,14-12-,18-17-,22-20-,23-21-,28-26-,29-27-,34-31+/t43-,44+,45+,49+,50+,51+/m0/s1. The second kappa shape index (κ2) is 39.1. The molecular weight excluding hydrogens is 985 g/mol. The van der Waals surface area contributed by atoms with Crippen LogP contribution in [0, 0.1) is 0 Å². The van der Waals surface area contributed by atoms with Crippen molar-refractivity contribution in [1.82, 2.24) is 9.55 Å². The van der Waals surface area contributed by atoms with E-state index in [0.29, 0.717) is 12.8 Å². The molecule has 0 aliphatic carbocycles. The smallest absolute Gasteiger partial charge is 0.462 e. The van der Waals surface area contributed by atoms with Gasteiger partial charge in [0, 0.05) is 19.0 Å². The molecule has 1 aromatic heterocycles. The Bertz CT molecular complexity index is 2120. The van der Waals surface area contributed by atoms with Crippen molar-refractivity contribution in [3.63, 3.8) is 0 Å². The highest BCUT2D eigenvalue weighted by molar-refractivity contribution is 7.61. The number of nitrogens with two attached hydrogens (primary N) is 1. The molecule has 1 saturated heterocycles. The third-order valence-corrected chi connectivity index (χ3v) is 13.3. The lowest BCUT2D eigenvalue weighted by molar-refractivity contribution is -0.161. The van der Waals surface area contributed by atoms with Gasteiger partial charge < -0.3 is 45.1 Å². The summed E-state index contributed by atoms with van der Waals surface area (Å²) in [5.74, 6) is -1.59. The number of carbonyl (C=O) groups is 2. The molecule has 1 aliphatic heterocycles. The fraction of sp³-hybridized carbons (Fsp3) is 0.577. The first kappa shape index (κ1) is 64.8. The fourth-order valence-electron chi connectivity index (χ4n) is 6.76. The molecule has 0 amide bonds. The normalized spacial score (nSPS) is 20.2. The van der Waals surface area contributed by atoms with Crippen molar-refractivity contribution in [3.8, 4) is 0 Å². The van der Waals surface area contributed by atoms with E-state index in [1.807, 2.05) is 24.3 Å². The summed E-state index contributed by atoms with van der Waals surface area (Å²) in [6.07, 6.45) is 39.5. The van der Waals surface area contributed by atoms with Crippen molar-refractivity contribution in [1.29, 1.82) is 0 Å². The number of esters is 2. The molecule has 8 atom stereocenters. The lowest BCUT2D eigenvalue weighted by Gasteiger charge is -2.21. The van der Waals surface area contributed by atoms with Crippen LogP contribution in [0.25, 0.3) is 0 Å². The van der Waals surface area contributed by atoms with E-state index in [1.54, 1.807) is 12.2 Å². The third kappa shape index (κ3) is 31.9. The van der Waals surface area contributed by atoms with E-state index < -0.39 is 89.8 Å². The van der Waals surface area contributed by atoms with Gasteiger partial charge in [0.05, 0.1) is 19.3 Å². The average Bonchev–Trinajstić information content (AvgIpc) is 3.62. The molecule has 7 N–H and O–H groups in total. The molecule has 73 heavy (non-hydrogen) atoms. The number of allylic oxidation sites excluding steroid dienone is 15. The summed E-state index contributed by atoms with van der Waals surface area (Å²) in [6, 6.07) is 1.23. The molecular formula is C52H81N3O16P2. The van der Waals surface area contributed by atoms with Gasteiger partial charge in [-0.1, -0.05) is 137 Å². The molecule has 21 heteroatoms. The number of ether oxygens (including phenoxy) is 3. The Morgan fingerprint density at radius 1 is 0.726 bits per heavy atom. The van der Waals surface area contributed by atoms with E-state index in [2.05, 4.69) is 83.9 Å². The van der Waals surface area contributed by atoms with Crippen molar-refractivity contribution in [2.24, 2.45) is 0 Å². The van der Waals surface area contributed by atoms with E-state index in [4.69, 9.17) is 29.0 Å². The van der Waals surface area contributed by atoms with Crippen LogP contribution in [0.2, 0.25) is 0 Å². The Morgan fingerprint density at radius 2 is 1.26 bits per heavy atom. The highest BCUT2D eigenvalue weighted by Gasteiger charge is 2.46. The second-order valence-electron chi connectivity index (χ2n) is 17.2. The number of nitrogen functional groups attached to an aromatic ring is 1. The van der Waals surface area contributed by atoms with Crippen LogP contribution in [0.5, 0.6) is 0 Å². The number of phosphoric acid groups is 2. The van der Waals surface area contributed by atoms with Gasteiger partial charge in [-0.05, 0) is 89.5 Å². The van der Waals surface area contributed by atoms with Crippen molar-refractivity contribution in [3.05, 3.63) is 120 Å². The molecule has 1 fully saturated rings. The van der Waals surface area contributed by atoms with Crippen LogP contribution >= 0.6 is 15.6 Å². The van der Waals surface area contributed by atoms with Crippen LogP contribution in [-0.4, -0.2) is 96.9 Å². The molecule has 2 rings (SSSR count). The van der Waals surface area contributed by atoms with Gasteiger partial charge in [0.25, 0.3) is 0 Å². The number of anilines is 1. The van der Waals surface area contributed by atoms with Crippen LogP contribution in [0.4, 0.5) is 5.82 Å². The molecule has 2 unspecified atom stereocenters. The first-order valence-corrected chi connectivity index (χ1v) is 28.3. The largest absolute Gasteiger partial charge is 0.481 e. The molecule has 0 bridgehead atoms. The van der Waals surface area contributed by atoms with Gasteiger partial charge in [-0.15, -0.1) is 0 Å². The van der Waals surface area contributed by atoms with Crippen molar-refractivity contribution >= 4 is 33.4 Å². The fourth-order valence-corrected chi connectivity index (χ4v) is 8.87. The number of carbonyl (C=O) groups excluding carboxylic acids is 2. The molecule has 410 valence electrons. The number of hydrogen-bond donors (Lipinski definition) is 6. The zero-order valence-corrected chi connectivity index (χ0v) is 44.3. The zero-order chi connectivity index (χ0) is 53.6. The SMILES string of the molecule is CCCCC/C=C\C/C=C\C/C=C\C=C\[C@H](O)CCCC(=O)O[C@H](COC(=O)CCC/C=C\C/C=C\C/C=C\C/C=C\CCCCC)COP(=O)(O)OP(=O)(O)OC[C@H]1O[C@@H](n2ccc(N)nc2=O)[C@H](O)[C@@H]1O. The minimum absolute atomic E-state index is 0.00508. The minimum atomic E-state index is -5.49. The zero-order valence-electron chi connectivity index (χ0n) is 42.5. The lowest BCUT2D eigenvalue weighted by Crippen LogP contribution is -2.36. The first-order chi connectivity index (χ1) is 35.1. The van der Waals surface area contributed by atoms with Gasteiger partial charge in [-0.25, -0.2) is 13.9 Å². The van der Waals surface area contributed by atoms with Crippen molar-refractivity contribution < 1.29 is 71.4 Å². The van der Waals surface area contributed by atoms with Gasteiger partial charge >= 0.3 is 33.3 Å². The molecule has 0 saturated carbocycles. The topological polar surface area (TPSA) is 286 Å². The Kier molecular flexibility index (Phi) is 34.7. The van der Waals surface area contributed by atoms with E-state index in [1.165, 1.54) is 44.6 Å². The van der Waals surface area contributed by atoms with Crippen LogP contribution in [-0.2, 0) is 46.3 Å². The van der Waals surface area contributed by atoms with Crippen molar-refractivity contribution in [2.75, 3.05) is 25.6 Å². The van der Waals surface area contributed by atoms with Crippen molar-refractivity contribution in [2.45, 2.75) is 173 Å². The van der Waals surface area contributed by atoms with Crippen LogP contribution in [0.3, 0.4) is 0 Å². The Morgan fingerprint density at radius 3 is 1.84 bits per heavy atom. The monoisotopic (exact) mass is 1070 g/mol. The molecule has 2 heterocycles. The van der Waals surface area contributed by atoms with Gasteiger partial charge in [-0.2, -0.15) is 9.29 Å². The highest BCUT2D eigenvalue weighted by atomic mass is 31.3. The summed E-state index contributed by atoms with van der Waals surface area (Å²) in [5, 5.41) is 31.3. The number of rotatable bonds is 40. The van der Waals surface area contributed by atoms with E-state index in [0.717, 1.165) is 55.7 Å². The predicted octanol–water partition coefficient (Wildman–Crippen LogP) is 9.41. The van der Waals surface area contributed by atoms with Gasteiger partial charge in [0.15, 0.2) is 12.3 Å². The minimum Gasteiger partial charge on any atom is -0.462 e. The molecule has 0 aromatic carbocycles. The molecule has 1 aliphatic rings. The number of aromatic nitrogens is 2. The average molecular weight is 1070 g/mol. The molecule has 1 aromatic rings. The van der Waals surface area contributed by atoms with E-state index >= 15 is 0 Å². The third-order valence-electron chi connectivity index (χ3n) is 10.7. The van der Waals surface area contributed by atoms with Gasteiger partial charge in [0.1, 0.15) is 30.7 Å². The molecule has 0 spiro atoms. The Hall–Kier alpha value is -4.36. The van der Waals surface area contributed by atoms with Crippen LogP contribution in [0.1, 0.15) is 142 Å². The molecule has 19 nitrogen and oxygen atoms in total. The predicted molar refractivity (Wildman–Crippen MR) is 281 cm³/mol. The first-order valence-electron chi connectivity index (χ1n) is 25.4. The summed E-state index contributed by atoms with van der Waals surface area (Å²) in [5.41, 5.74) is 4.56. The number of nitrogens with zero attached hydrogens (tertiary/aromatic N) is 2. The summed E-state index contributed by atoms with van der Waals surface area (Å²) >= 11 is 0. The Labute approximate surface area is 431 Å². The van der Waals surface area contributed by atoms with Crippen LogP contribution < -0.4 is 11.4 Å². The lowest BCUT2D eigenvalue weighted by atomic mass is 10.1. The maximum absolute atomic E-state index is 12.9. The van der Waals surface area contributed by atoms with E-state index in [9.17, 15) is 48.6 Å². The number of phosphoric ester groups is 2. The van der Waals surface area contributed by atoms with Gasteiger partial charge in [-0.3, -0.25) is 23.2 Å². The van der Waals surface area contributed by atoms with Crippen LogP contribution in [0.15, 0.2) is 114 Å². The highest BCUT2D eigenvalue weighted by Crippen LogP contribution is 2.60. The Balaban J connectivity index is 1.89. The number of hydrogen-bond acceptors (Lipinski definition) is 16. The molecule has 0 radical (unpaired) electrons. The summed E-state index contributed by atoms with van der Waals surface area (Å²) < 4.78 is 56.5. The number of unbranched alkanes of at least 4 members (excludes halogenated alkanes) is 7. The quantitative estimate of drug-likeness (QED) is 0.0117. The summed E-state index contributed by atoms with van der Waals surface area (Å²) in [4.78, 5) is 61.9. The second-order valence-corrected chi connectivity index (χ2v) is 20.2. The summed E-state index contributed by atoms with van der Waals surface area (Å²) in [7, 11) is -11.0. The maximum atomic E-state index is 12.9. The number of aliphatic hydroxyl groups is 3. The maximum Gasteiger partial charge on any atom is 0.481 e. The van der Waals surface area contributed by atoms with E-state index in [-0.39, 0.29) is 31.5 Å².